The Labute approximate surface area is 148 Å². The summed E-state index contributed by atoms with van der Waals surface area (Å²) in [6.07, 6.45) is 0.627. The molecule has 1 amide bonds. The first-order chi connectivity index (χ1) is 12.4. The van der Waals surface area contributed by atoms with E-state index in [1.165, 1.54) is 31.3 Å². The third-order valence-electron chi connectivity index (χ3n) is 4.41. The lowest BCUT2D eigenvalue weighted by atomic mass is 9.98. The lowest BCUT2D eigenvalue weighted by molar-refractivity contribution is -0.384. The number of nitro groups is 2. The highest BCUT2D eigenvalue weighted by Gasteiger charge is 2.25. The van der Waals surface area contributed by atoms with E-state index in [0.717, 1.165) is 11.1 Å². The van der Waals surface area contributed by atoms with Crippen molar-refractivity contribution in [3.05, 3.63) is 73.3 Å². The Morgan fingerprint density at radius 3 is 2.50 bits per heavy atom. The zero-order valence-corrected chi connectivity index (χ0v) is 14.0. The first kappa shape index (κ1) is 17.3. The number of rotatable bonds is 4. The maximum Gasteiger partial charge on any atom is 0.293 e. The fourth-order valence-electron chi connectivity index (χ4n) is 3.09. The predicted molar refractivity (Wildman–Crippen MR) is 94.3 cm³/mol. The number of carbonyl (C=O) groups excluding carboxylic acids is 1. The molecule has 0 saturated carbocycles. The third-order valence-corrected chi connectivity index (χ3v) is 4.41. The number of non-ortho nitro benzene ring substituents is 1. The molecule has 2 aromatic carbocycles. The van der Waals surface area contributed by atoms with Gasteiger partial charge in [0.15, 0.2) is 0 Å². The number of hydrogen-bond acceptors (Lipinski definition) is 6. The first-order valence-corrected chi connectivity index (χ1v) is 7.92. The van der Waals surface area contributed by atoms with E-state index in [4.69, 9.17) is 0 Å². The lowest BCUT2D eigenvalue weighted by Gasteiger charge is -2.30. The zero-order chi connectivity index (χ0) is 18.8. The Balaban J connectivity index is 1.97. The molecule has 134 valence electrons. The van der Waals surface area contributed by atoms with Gasteiger partial charge in [-0.2, -0.15) is 0 Å². The normalized spacial score (nSPS) is 13.0. The van der Waals surface area contributed by atoms with E-state index < -0.39 is 15.8 Å². The third kappa shape index (κ3) is 3.18. The van der Waals surface area contributed by atoms with Crippen molar-refractivity contribution in [1.29, 1.82) is 0 Å². The van der Waals surface area contributed by atoms with Crippen molar-refractivity contribution in [2.75, 3.05) is 18.5 Å². The van der Waals surface area contributed by atoms with Crippen molar-refractivity contribution in [3.8, 4) is 0 Å². The number of anilines is 1. The molecule has 0 aromatic heterocycles. The molecular weight excluding hydrogens is 340 g/mol. The van der Waals surface area contributed by atoms with Gasteiger partial charge in [-0.05, 0) is 29.7 Å². The summed E-state index contributed by atoms with van der Waals surface area (Å²) in [7, 11) is 1.45. The Morgan fingerprint density at radius 2 is 1.85 bits per heavy atom. The van der Waals surface area contributed by atoms with E-state index in [9.17, 15) is 25.0 Å². The number of carbonyl (C=O) groups is 1. The molecule has 0 atom stereocenters. The average Bonchev–Trinajstić information content (AvgIpc) is 2.65. The number of fused-ring (bicyclic) bond motifs is 1. The van der Waals surface area contributed by atoms with Crippen LogP contribution in [0.4, 0.5) is 17.1 Å². The van der Waals surface area contributed by atoms with Gasteiger partial charge in [0.1, 0.15) is 5.69 Å². The standard InChI is InChI=1S/C17H16N4O5/c1-18-17(22)12-3-5-15(16(9-12)21(25)26)19-7-6-11-2-4-14(20(23)24)8-13(11)10-19/h2-5,8-9H,6-7,10H2,1H3,(H,18,22). The molecule has 2 aromatic rings. The van der Waals surface area contributed by atoms with E-state index >= 15 is 0 Å². The number of amides is 1. The van der Waals surface area contributed by atoms with Crippen molar-refractivity contribution >= 4 is 23.0 Å². The highest BCUT2D eigenvalue weighted by atomic mass is 16.6. The number of benzene rings is 2. The van der Waals surface area contributed by atoms with Gasteiger partial charge >= 0.3 is 0 Å². The second kappa shape index (κ2) is 6.79. The number of hydrogen-bond donors (Lipinski definition) is 1. The summed E-state index contributed by atoms with van der Waals surface area (Å²) < 4.78 is 0. The van der Waals surface area contributed by atoms with E-state index in [-0.39, 0.29) is 16.9 Å². The maximum atomic E-state index is 11.7. The van der Waals surface area contributed by atoms with Crippen molar-refractivity contribution in [3.63, 3.8) is 0 Å². The minimum atomic E-state index is -0.523. The van der Waals surface area contributed by atoms with E-state index in [1.54, 1.807) is 17.0 Å². The van der Waals surface area contributed by atoms with Gasteiger partial charge in [-0.1, -0.05) is 6.07 Å². The molecule has 1 aliphatic rings. The topological polar surface area (TPSA) is 119 Å². The molecule has 1 heterocycles. The summed E-state index contributed by atoms with van der Waals surface area (Å²) in [5.41, 5.74) is 2.19. The van der Waals surface area contributed by atoms with Gasteiger partial charge in [-0.3, -0.25) is 25.0 Å². The molecule has 1 N–H and O–H groups in total. The fourth-order valence-corrected chi connectivity index (χ4v) is 3.09. The van der Waals surface area contributed by atoms with Crippen LogP contribution < -0.4 is 10.2 Å². The molecule has 0 radical (unpaired) electrons. The van der Waals surface area contributed by atoms with Gasteiger partial charge in [0.25, 0.3) is 17.3 Å². The van der Waals surface area contributed by atoms with E-state index in [0.29, 0.717) is 25.2 Å². The Morgan fingerprint density at radius 1 is 1.08 bits per heavy atom. The smallest absolute Gasteiger partial charge is 0.293 e. The summed E-state index contributed by atoms with van der Waals surface area (Å²) in [5.74, 6) is -0.403. The summed E-state index contributed by atoms with van der Waals surface area (Å²) in [4.78, 5) is 35.0. The van der Waals surface area contributed by atoms with Crippen LogP contribution in [0, 0.1) is 20.2 Å². The molecule has 3 rings (SSSR count). The monoisotopic (exact) mass is 356 g/mol. The largest absolute Gasteiger partial charge is 0.361 e. The molecule has 9 nitrogen and oxygen atoms in total. The molecular formula is C17H16N4O5. The summed E-state index contributed by atoms with van der Waals surface area (Å²) in [6, 6.07) is 9.03. The van der Waals surface area contributed by atoms with E-state index in [2.05, 4.69) is 5.32 Å². The zero-order valence-electron chi connectivity index (χ0n) is 14.0. The van der Waals surface area contributed by atoms with Crippen molar-refractivity contribution in [2.45, 2.75) is 13.0 Å². The highest BCUT2D eigenvalue weighted by Crippen LogP contribution is 2.33. The van der Waals surface area contributed by atoms with Crippen LogP contribution in [-0.2, 0) is 13.0 Å². The molecule has 9 heteroatoms. The average molecular weight is 356 g/mol. The summed E-state index contributed by atoms with van der Waals surface area (Å²) >= 11 is 0. The number of nitrogens with one attached hydrogen (secondary N) is 1. The van der Waals surface area contributed by atoms with Crippen LogP contribution in [-0.4, -0.2) is 29.3 Å². The number of nitro benzene ring substituents is 2. The van der Waals surface area contributed by atoms with Gasteiger partial charge in [0, 0.05) is 43.9 Å². The second-order valence-corrected chi connectivity index (χ2v) is 5.92. The molecule has 0 spiro atoms. The lowest BCUT2D eigenvalue weighted by Crippen LogP contribution is -2.31. The Kier molecular flexibility index (Phi) is 4.53. The molecule has 0 aliphatic carbocycles. The maximum absolute atomic E-state index is 11.7. The van der Waals surface area contributed by atoms with E-state index in [1.807, 2.05) is 0 Å². The van der Waals surface area contributed by atoms with Gasteiger partial charge in [-0.25, -0.2) is 0 Å². The molecule has 1 aliphatic heterocycles. The van der Waals surface area contributed by atoms with Gasteiger partial charge in [0.2, 0.25) is 0 Å². The molecule has 26 heavy (non-hydrogen) atoms. The molecule has 0 bridgehead atoms. The molecule has 0 saturated heterocycles. The molecule has 0 fully saturated rings. The van der Waals surface area contributed by atoms with Crippen molar-refractivity contribution in [1.82, 2.24) is 5.32 Å². The number of nitrogens with zero attached hydrogens (tertiary/aromatic N) is 3. The minimum Gasteiger partial charge on any atom is -0.361 e. The van der Waals surface area contributed by atoms with Crippen LogP contribution in [0.5, 0.6) is 0 Å². The highest BCUT2D eigenvalue weighted by molar-refractivity contribution is 5.95. The van der Waals surface area contributed by atoms with Gasteiger partial charge in [-0.15, -0.1) is 0 Å². The second-order valence-electron chi connectivity index (χ2n) is 5.92. The fraction of sp³-hybridized carbons (Fsp3) is 0.235. The van der Waals surface area contributed by atoms with Crippen LogP contribution in [0.3, 0.4) is 0 Å². The van der Waals surface area contributed by atoms with Gasteiger partial charge in [0.05, 0.1) is 9.85 Å². The summed E-state index contributed by atoms with van der Waals surface area (Å²) in [6.45, 7) is 0.877. The quantitative estimate of drug-likeness (QED) is 0.664. The van der Waals surface area contributed by atoms with Crippen molar-refractivity contribution < 1.29 is 14.6 Å². The molecule has 0 unspecified atom stereocenters. The van der Waals surface area contributed by atoms with Crippen LogP contribution in [0.2, 0.25) is 0 Å². The van der Waals surface area contributed by atoms with Crippen LogP contribution in [0.1, 0.15) is 21.5 Å². The van der Waals surface area contributed by atoms with Crippen LogP contribution in [0.15, 0.2) is 36.4 Å². The van der Waals surface area contributed by atoms with Crippen LogP contribution in [0.25, 0.3) is 0 Å². The first-order valence-electron chi connectivity index (χ1n) is 7.92. The Bertz CT molecular complexity index is 912. The van der Waals surface area contributed by atoms with Crippen molar-refractivity contribution in [2.24, 2.45) is 0 Å². The van der Waals surface area contributed by atoms with Gasteiger partial charge < -0.3 is 10.2 Å². The Hall–Kier alpha value is -3.49. The minimum absolute atomic E-state index is 0.00457. The summed E-state index contributed by atoms with van der Waals surface area (Å²) in [5, 5.41) is 24.9. The van der Waals surface area contributed by atoms with Crippen LogP contribution >= 0.6 is 0 Å². The SMILES string of the molecule is CNC(=O)c1ccc(N2CCc3ccc([N+](=O)[O-])cc3C2)c([N+](=O)[O-])c1. The predicted octanol–water partition coefficient (Wildman–Crippen LogP) is 2.43.